The summed E-state index contributed by atoms with van der Waals surface area (Å²) in [5.74, 6) is 1.74. The SMILES string of the molecule is CCCCCCCCCCCc1c2nc(c(-c3cccc(OCCC[N+](C)(C)C)c3)c3ccc(cc4ccc([nH]4)c(-c4cccc(OCCC[N+](C)(C)C)c4)c4nc1C=C4)[nH]3)C=C2. The highest BCUT2D eigenvalue weighted by molar-refractivity contribution is 5.94. The lowest BCUT2D eigenvalue weighted by atomic mass is 10.0. The molecule has 0 saturated carbocycles. The molecule has 0 fully saturated rings. The van der Waals surface area contributed by atoms with E-state index in [1.807, 2.05) is 0 Å². The van der Waals surface area contributed by atoms with Gasteiger partial charge in [-0.2, -0.15) is 0 Å². The zero-order valence-corrected chi connectivity index (χ0v) is 39.2. The van der Waals surface area contributed by atoms with E-state index in [1.54, 1.807) is 0 Å². The second-order valence-corrected chi connectivity index (χ2v) is 19.5. The van der Waals surface area contributed by atoms with Crippen LogP contribution < -0.4 is 9.47 Å². The van der Waals surface area contributed by atoms with Crippen LogP contribution in [0.4, 0.5) is 0 Å². The molecule has 8 heteroatoms. The number of fused-ring (bicyclic) bond motifs is 8. The monoisotopic (exact) mass is 849 g/mol. The smallest absolute Gasteiger partial charge is 0.119 e. The number of quaternary nitrogens is 2. The molecule has 0 atom stereocenters. The number of nitrogens with one attached hydrogen (secondary N) is 2. The fourth-order valence-corrected chi connectivity index (χ4v) is 8.61. The molecule has 2 aliphatic rings. The summed E-state index contributed by atoms with van der Waals surface area (Å²) in [5.41, 5.74) is 13.2. The number of unbranched alkanes of at least 4 members (excludes halogenated alkanes) is 8. The predicted octanol–water partition coefficient (Wildman–Crippen LogP) is 13.0. The topological polar surface area (TPSA) is 75.8 Å². The maximum atomic E-state index is 6.34. The molecule has 0 aliphatic carbocycles. The molecule has 0 radical (unpaired) electrons. The molecular formula is C55H72N6O2+2. The lowest BCUT2D eigenvalue weighted by molar-refractivity contribution is -0.870. The van der Waals surface area contributed by atoms with Gasteiger partial charge in [0.05, 0.1) is 91.4 Å². The van der Waals surface area contributed by atoms with E-state index in [0.29, 0.717) is 13.2 Å². The van der Waals surface area contributed by atoms with Crippen LogP contribution >= 0.6 is 0 Å². The number of hydrogen-bond donors (Lipinski definition) is 2. The summed E-state index contributed by atoms with van der Waals surface area (Å²) in [4.78, 5) is 18.4. The van der Waals surface area contributed by atoms with Gasteiger partial charge in [-0.1, -0.05) is 82.6 Å². The Labute approximate surface area is 376 Å². The number of benzene rings is 2. The van der Waals surface area contributed by atoms with E-state index in [9.17, 15) is 0 Å². The molecule has 7 rings (SSSR count). The van der Waals surface area contributed by atoms with Gasteiger partial charge in [-0.15, -0.1) is 0 Å². The number of hydrogen-bond acceptors (Lipinski definition) is 4. The van der Waals surface area contributed by atoms with Crippen molar-refractivity contribution < 1.29 is 18.4 Å². The van der Waals surface area contributed by atoms with Crippen LogP contribution in [0.15, 0.2) is 78.9 Å². The van der Waals surface area contributed by atoms with Crippen LogP contribution in [0.3, 0.4) is 0 Å². The average Bonchev–Trinajstić information content (AvgIpc) is 4.09. The molecule has 332 valence electrons. The van der Waals surface area contributed by atoms with E-state index in [2.05, 4.69) is 162 Å². The van der Waals surface area contributed by atoms with Crippen LogP contribution in [0.1, 0.15) is 106 Å². The van der Waals surface area contributed by atoms with Gasteiger partial charge in [0.25, 0.3) is 0 Å². The van der Waals surface area contributed by atoms with E-state index in [-0.39, 0.29) is 0 Å². The maximum absolute atomic E-state index is 6.34. The van der Waals surface area contributed by atoms with Gasteiger partial charge in [-0.3, -0.25) is 0 Å². The van der Waals surface area contributed by atoms with Crippen molar-refractivity contribution in [3.8, 4) is 33.8 Å². The largest absolute Gasteiger partial charge is 0.493 e. The number of aromatic nitrogens is 4. The Hall–Kier alpha value is -5.44. The van der Waals surface area contributed by atoms with Crippen LogP contribution in [0.25, 0.3) is 68.6 Å². The van der Waals surface area contributed by atoms with Gasteiger partial charge >= 0.3 is 0 Å². The Morgan fingerprint density at radius 3 is 1.38 bits per heavy atom. The molecule has 5 aromatic rings. The molecular weight excluding hydrogens is 777 g/mol. The minimum absolute atomic E-state index is 0.675. The molecule has 8 bridgehead atoms. The van der Waals surface area contributed by atoms with Gasteiger partial charge in [-0.25, -0.2) is 9.97 Å². The van der Waals surface area contributed by atoms with E-state index in [0.717, 1.165) is 126 Å². The highest BCUT2D eigenvalue weighted by atomic mass is 16.5. The zero-order valence-electron chi connectivity index (χ0n) is 39.2. The van der Waals surface area contributed by atoms with Crippen molar-refractivity contribution in [2.75, 3.05) is 68.6 Å². The normalized spacial score (nSPS) is 12.6. The highest BCUT2D eigenvalue weighted by Crippen LogP contribution is 2.36. The van der Waals surface area contributed by atoms with E-state index in [1.165, 1.54) is 56.9 Å². The van der Waals surface area contributed by atoms with Gasteiger partial charge < -0.3 is 28.4 Å². The first kappa shape index (κ1) is 45.6. The van der Waals surface area contributed by atoms with Crippen LogP contribution in [-0.4, -0.2) is 97.5 Å². The van der Waals surface area contributed by atoms with Gasteiger partial charge in [0.1, 0.15) is 11.5 Å². The molecule has 63 heavy (non-hydrogen) atoms. The van der Waals surface area contributed by atoms with E-state index >= 15 is 0 Å². The molecule has 2 N–H and O–H groups in total. The first-order valence-corrected chi connectivity index (χ1v) is 23.6. The highest BCUT2D eigenvalue weighted by Gasteiger charge is 2.19. The standard InChI is InChI=1S/C55H72N6O2/c1-8-9-10-11-12-13-14-15-16-25-47-48-30-32-52(58-48)54(41-21-17-23-45(38-41)62-36-19-34-60(2,3)4)50-28-26-43(56-50)40-44-27-29-51(57-44)55(53-33-31-49(47)59-53)42-22-18-24-46(39-42)63-37-20-35-61(5,6)7/h17-18,21-24,26-33,38-40,56-57H,8-16,19-20,25,34-37H2,1-7H3/q+2. The lowest BCUT2D eigenvalue weighted by Crippen LogP contribution is -2.36. The van der Waals surface area contributed by atoms with Gasteiger partial charge in [0.2, 0.25) is 0 Å². The van der Waals surface area contributed by atoms with Crippen LogP contribution in [0, 0.1) is 0 Å². The summed E-state index contributed by atoms with van der Waals surface area (Å²) >= 11 is 0. The predicted molar refractivity (Wildman–Crippen MR) is 267 cm³/mol. The van der Waals surface area contributed by atoms with E-state index < -0.39 is 0 Å². The third-order valence-electron chi connectivity index (χ3n) is 11.9. The number of ether oxygens (including phenoxy) is 2. The Bertz CT molecular complexity index is 2370. The Morgan fingerprint density at radius 2 is 0.921 bits per heavy atom. The average molecular weight is 849 g/mol. The van der Waals surface area contributed by atoms with Gasteiger partial charge in [-0.05, 0) is 103 Å². The van der Waals surface area contributed by atoms with Crippen LogP contribution in [0.2, 0.25) is 0 Å². The second-order valence-electron chi connectivity index (χ2n) is 19.5. The number of aromatic amines is 2. The zero-order chi connectivity index (χ0) is 44.2. The minimum atomic E-state index is 0.675. The third kappa shape index (κ3) is 13.1. The Balaban J connectivity index is 1.32. The summed E-state index contributed by atoms with van der Waals surface area (Å²) in [5, 5.41) is 0. The van der Waals surface area contributed by atoms with Crippen molar-refractivity contribution in [2.45, 2.75) is 84.0 Å². The summed E-state index contributed by atoms with van der Waals surface area (Å²) in [7, 11) is 13.3. The summed E-state index contributed by atoms with van der Waals surface area (Å²) in [6.45, 7) is 5.74. The number of nitrogens with zero attached hydrogens (tertiary/aromatic N) is 4. The summed E-state index contributed by atoms with van der Waals surface area (Å²) in [6.07, 6.45) is 23.2. The first-order chi connectivity index (χ1) is 30.4. The third-order valence-corrected chi connectivity index (χ3v) is 11.9. The Kier molecular flexibility index (Phi) is 15.4. The van der Waals surface area contributed by atoms with Gasteiger partial charge in [0, 0.05) is 51.6 Å². The van der Waals surface area contributed by atoms with Crippen LogP contribution in [0.5, 0.6) is 11.5 Å². The number of rotatable bonds is 22. The van der Waals surface area contributed by atoms with E-state index in [4.69, 9.17) is 19.4 Å². The molecule has 3 aromatic heterocycles. The van der Waals surface area contributed by atoms with Crippen molar-refractivity contribution in [1.29, 1.82) is 0 Å². The van der Waals surface area contributed by atoms with Crippen molar-refractivity contribution in [2.24, 2.45) is 0 Å². The number of H-pyrrole nitrogens is 2. The summed E-state index contributed by atoms with van der Waals surface area (Å²) in [6, 6.07) is 27.8. The quantitative estimate of drug-likeness (QED) is 0.0526. The molecule has 0 unspecified atom stereocenters. The molecule has 2 aliphatic heterocycles. The molecule has 8 nitrogen and oxygen atoms in total. The van der Waals surface area contributed by atoms with Crippen LogP contribution in [-0.2, 0) is 6.42 Å². The van der Waals surface area contributed by atoms with Crippen molar-refractivity contribution in [1.82, 2.24) is 19.9 Å². The van der Waals surface area contributed by atoms with Crippen molar-refractivity contribution >= 4 is 46.4 Å². The van der Waals surface area contributed by atoms with Crippen molar-refractivity contribution in [3.63, 3.8) is 0 Å². The molecule has 0 spiro atoms. The van der Waals surface area contributed by atoms with Crippen molar-refractivity contribution in [3.05, 3.63) is 107 Å². The Morgan fingerprint density at radius 1 is 0.476 bits per heavy atom. The van der Waals surface area contributed by atoms with Gasteiger partial charge in [0.15, 0.2) is 0 Å². The molecule has 0 amide bonds. The summed E-state index contributed by atoms with van der Waals surface area (Å²) < 4.78 is 14.5. The fraction of sp³-hybridized carbons (Fsp3) is 0.418. The maximum Gasteiger partial charge on any atom is 0.119 e. The molecule has 0 saturated heterocycles. The lowest BCUT2D eigenvalue weighted by Gasteiger charge is -2.23. The first-order valence-electron chi connectivity index (χ1n) is 23.6. The second kappa shape index (κ2) is 21.3. The molecule has 2 aromatic carbocycles. The molecule has 5 heterocycles. The fourth-order valence-electron chi connectivity index (χ4n) is 8.61. The minimum Gasteiger partial charge on any atom is -0.493 e.